The van der Waals surface area contributed by atoms with Gasteiger partial charge in [0.05, 0.1) is 32.4 Å². The Morgan fingerprint density at radius 2 is 1.87 bits per heavy atom. The molecule has 0 fully saturated rings. The predicted molar refractivity (Wildman–Crippen MR) is 111 cm³/mol. The van der Waals surface area contributed by atoms with Gasteiger partial charge in [0.25, 0.3) is 0 Å². The molecule has 0 aliphatic rings. The van der Waals surface area contributed by atoms with Gasteiger partial charge >= 0.3 is 5.97 Å². The minimum Gasteiger partial charge on any atom is -0.467 e. The first-order valence-corrected chi connectivity index (χ1v) is 10.2. The summed E-state index contributed by atoms with van der Waals surface area (Å²) < 4.78 is 12.3. The van der Waals surface area contributed by atoms with Gasteiger partial charge in [-0.2, -0.15) is 0 Å². The van der Waals surface area contributed by atoms with E-state index in [0.29, 0.717) is 18.8 Å². The molecule has 30 heavy (non-hydrogen) atoms. The van der Waals surface area contributed by atoms with Crippen molar-refractivity contribution in [2.24, 2.45) is 7.05 Å². The number of hydrogen-bond donors (Lipinski definition) is 0. The van der Waals surface area contributed by atoms with Crippen LogP contribution in [0.1, 0.15) is 45.1 Å². The van der Waals surface area contributed by atoms with E-state index in [1.54, 1.807) is 24.2 Å². The molecule has 0 radical (unpaired) electrons. The van der Waals surface area contributed by atoms with E-state index >= 15 is 0 Å². The average molecular weight is 418 g/mol. The Balaban J connectivity index is 2.08. The van der Waals surface area contributed by atoms with E-state index in [9.17, 15) is 14.4 Å². The number of nitrogens with zero attached hydrogens (tertiary/aromatic N) is 3. The zero-order valence-corrected chi connectivity index (χ0v) is 18.2. The number of esters is 1. The zero-order chi connectivity index (χ0) is 22.1. The van der Waals surface area contributed by atoms with E-state index in [0.717, 1.165) is 5.69 Å². The van der Waals surface area contributed by atoms with Gasteiger partial charge in [-0.25, -0.2) is 0 Å². The highest BCUT2D eigenvalue weighted by Crippen LogP contribution is 2.13. The monoisotopic (exact) mass is 417 g/mol. The van der Waals surface area contributed by atoms with Crippen molar-refractivity contribution in [3.8, 4) is 0 Å². The first-order valence-electron chi connectivity index (χ1n) is 10.2. The maximum absolute atomic E-state index is 13.2. The van der Waals surface area contributed by atoms with Crippen LogP contribution in [0.2, 0.25) is 0 Å². The summed E-state index contributed by atoms with van der Waals surface area (Å²) in [5, 5.41) is 0. The summed E-state index contributed by atoms with van der Waals surface area (Å²) in [6.07, 6.45) is 3.51. The highest BCUT2D eigenvalue weighted by atomic mass is 16.5. The standard InChI is InChI=1S/C22H31N3O5/c1-5-29-22(28)11-10-20(26)25(17(2)3)16-21(27)24(15-19-9-7-13-30-19)14-18-8-6-12-23(18)4/h6-9,12-13,17H,5,10-11,14-16H2,1-4H3. The quantitative estimate of drug-likeness (QED) is 0.525. The van der Waals surface area contributed by atoms with Crippen LogP contribution in [-0.4, -0.2) is 51.3 Å². The third-order valence-corrected chi connectivity index (χ3v) is 4.78. The normalized spacial score (nSPS) is 10.8. The van der Waals surface area contributed by atoms with Crippen molar-refractivity contribution < 1.29 is 23.5 Å². The molecule has 0 aliphatic heterocycles. The maximum Gasteiger partial charge on any atom is 0.306 e. The van der Waals surface area contributed by atoms with Gasteiger partial charge < -0.3 is 23.5 Å². The molecule has 8 nitrogen and oxygen atoms in total. The Bertz CT molecular complexity index is 826. The second-order valence-electron chi connectivity index (χ2n) is 7.36. The van der Waals surface area contributed by atoms with Crippen molar-refractivity contribution in [1.29, 1.82) is 0 Å². The molecular weight excluding hydrogens is 386 g/mol. The molecule has 0 spiro atoms. The molecule has 2 aromatic heterocycles. The zero-order valence-electron chi connectivity index (χ0n) is 18.2. The van der Waals surface area contributed by atoms with E-state index < -0.39 is 5.97 Å². The molecule has 0 bridgehead atoms. The molecule has 2 heterocycles. The molecule has 2 aromatic rings. The van der Waals surface area contributed by atoms with Crippen LogP contribution >= 0.6 is 0 Å². The van der Waals surface area contributed by atoms with Crippen molar-refractivity contribution in [2.75, 3.05) is 13.2 Å². The fraction of sp³-hybridized carbons (Fsp3) is 0.500. The molecule has 164 valence electrons. The molecule has 0 unspecified atom stereocenters. The topological polar surface area (TPSA) is 85.0 Å². The lowest BCUT2D eigenvalue weighted by atomic mass is 10.2. The number of aryl methyl sites for hydroxylation is 1. The molecule has 0 N–H and O–H groups in total. The number of hydrogen-bond acceptors (Lipinski definition) is 5. The molecule has 0 saturated carbocycles. The summed E-state index contributed by atoms with van der Waals surface area (Å²) >= 11 is 0. The number of carbonyl (C=O) groups excluding carboxylic acids is 3. The van der Waals surface area contributed by atoms with Crippen LogP contribution in [0, 0.1) is 0 Å². The number of carbonyl (C=O) groups is 3. The first-order chi connectivity index (χ1) is 14.3. The SMILES string of the molecule is CCOC(=O)CCC(=O)N(CC(=O)N(Cc1ccco1)Cc1cccn1C)C(C)C. The fourth-order valence-electron chi connectivity index (χ4n) is 3.07. The van der Waals surface area contributed by atoms with E-state index in [-0.39, 0.29) is 43.8 Å². The summed E-state index contributed by atoms with van der Waals surface area (Å²) in [5.74, 6) is -0.180. The molecular formula is C22H31N3O5. The smallest absolute Gasteiger partial charge is 0.306 e. The summed E-state index contributed by atoms with van der Waals surface area (Å²) in [6.45, 7) is 6.34. The number of rotatable bonds is 11. The molecule has 0 atom stereocenters. The van der Waals surface area contributed by atoms with E-state index in [1.807, 2.05) is 49.9 Å². The van der Waals surface area contributed by atoms with Crippen molar-refractivity contribution in [2.45, 2.75) is 52.7 Å². The fourth-order valence-corrected chi connectivity index (χ4v) is 3.07. The number of amides is 2. The Morgan fingerprint density at radius 3 is 2.43 bits per heavy atom. The number of ether oxygens (including phenoxy) is 1. The van der Waals surface area contributed by atoms with Gasteiger partial charge in [0.2, 0.25) is 11.8 Å². The highest BCUT2D eigenvalue weighted by Gasteiger charge is 2.25. The first kappa shape index (κ1) is 23.3. The Kier molecular flexibility index (Phi) is 8.70. The second-order valence-corrected chi connectivity index (χ2v) is 7.36. The lowest BCUT2D eigenvalue weighted by Crippen LogP contribution is -2.45. The van der Waals surface area contributed by atoms with Gasteiger partial charge in [-0.05, 0) is 45.0 Å². The van der Waals surface area contributed by atoms with Gasteiger partial charge in [0.15, 0.2) is 0 Å². The Morgan fingerprint density at radius 1 is 1.10 bits per heavy atom. The minimum atomic E-state index is -0.413. The van der Waals surface area contributed by atoms with E-state index in [4.69, 9.17) is 9.15 Å². The van der Waals surface area contributed by atoms with Crippen LogP contribution in [-0.2, 0) is 39.3 Å². The van der Waals surface area contributed by atoms with E-state index in [1.165, 1.54) is 4.90 Å². The van der Waals surface area contributed by atoms with Gasteiger partial charge in [0.1, 0.15) is 12.3 Å². The highest BCUT2D eigenvalue weighted by molar-refractivity contribution is 5.86. The lowest BCUT2D eigenvalue weighted by Gasteiger charge is -2.30. The van der Waals surface area contributed by atoms with Crippen LogP contribution < -0.4 is 0 Å². The molecule has 8 heteroatoms. The van der Waals surface area contributed by atoms with Gasteiger partial charge in [-0.1, -0.05) is 0 Å². The minimum absolute atomic E-state index is 0.00352. The summed E-state index contributed by atoms with van der Waals surface area (Å²) in [5.41, 5.74) is 0.972. The predicted octanol–water partition coefficient (Wildman–Crippen LogP) is 2.73. The van der Waals surface area contributed by atoms with Crippen LogP contribution in [0.15, 0.2) is 41.1 Å². The van der Waals surface area contributed by atoms with E-state index in [2.05, 4.69) is 0 Å². The molecule has 0 saturated heterocycles. The largest absolute Gasteiger partial charge is 0.467 e. The summed E-state index contributed by atoms with van der Waals surface area (Å²) in [6, 6.07) is 7.29. The van der Waals surface area contributed by atoms with Crippen molar-refractivity contribution >= 4 is 17.8 Å². The van der Waals surface area contributed by atoms with Crippen molar-refractivity contribution in [1.82, 2.24) is 14.4 Å². The second kappa shape index (κ2) is 11.2. The summed E-state index contributed by atoms with van der Waals surface area (Å²) in [4.78, 5) is 40.6. The van der Waals surface area contributed by atoms with Crippen LogP contribution in [0.4, 0.5) is 0 Å². The molecule has 2 rings (SSSR count). The van der Waals surface area contributed by atoms with Crippen molar-refractivity contribution in [3.63, 3.8) is 0 Å². The number of furan rings is 1. The van der Waals surface area contributed by atoms with Gasteiger partial charge in [-0.15, -0.1) is 0 Å². The third-order valence-electron chi connectivity index (χ3n) is 4.78. The van der Waals surface area contributed by atoms with Gasteiger partial charge in [0, 0.05) is 31.4 Å². The molecule has 2 amide bonds. The molecule has 0 aliphatic carbocycles. The Hall–Kier alpha value is -3.03. The molecule has 0 aromatic carbocycles. The lowest BCUT2D eigenvalue weighted by molar-refractivity contribution is -0.147. The average Bonchev–Trinajstić information content (AvgIpc) is 3.35. The Labute approximate surface area is 177 Å². The summed E-state index contributed by atoms with van der Waals surface area (Å²) in [7, 11) is 1.92. The maximum atomic E-state index is 13.2. The van der Waals surface area contributed by atoms with Crippen LogP contribution in [0.3, 0.4) is 0 Å². The van der Waals surface area contributed by atoms with Gasteiger partial charge in [-0.3, -0.25) is 14.4 Å². The van der Waals surface area contributed by atoms with Crippen molar-refractivity contribution in [3.05, 3.63) is 48.2 Å². The van der Waals surface area contributed by atoms with Crippen LogP contribution in [0.25, 0.3) is 0 Å². The third kappa shape index (κ3) is 6.79. The number of aromatic nitrogens is 1. The van der Waals surface area contributed by atoms with Crippen LogP contribution in [0.5, 0.6) is 0 Å².